The Labute approximate surface area is 88.2 Å². The summed E-state index contributed by atoms with van der Waals surface area (Å²) in [5.74, 6) is 0. The lowest BCUT2D eigenvalue weighted by molar-refractivity contribution is -0.0529. The van der Waals surface area contributed by atoms with Crippen LogP contribution in [0.4, 0.5) is 0 Å². The Morgan fingerprint density at radius 3 is 2.64 bits per heavy atom. The van der Waals surface area contributed by atoms with E-state index in [0.717, 1.165) is 5.41 Å². The molecular weight excluding hydrogens is 172 g/mol. The Hall–Kier alpha value is -0.0400. The third-order valence-electron chi connectivity index (χ3n) is 3.96. The first-order chi connectivity index (χ1) is 6.74. The first-order valence-corrected chi connectivity index (χ1v) is 6.39. The lowest BCUT2D eigenvalue weighted by Crippen LogP contribution is -2.27. The van der Waals surface area contributed by atoms with E-state index in [9.17, 15) is 0 Å². The monoisotopic (exact) mass is 196 g/mol. The highest BCUT2D eigenvalue weighted by molar-refractivity contribution is 4.94. The molecule has 1 saturated carbocycles. The zero-order valence-electron chi connectivity index (χ0n) is 9.72. The predicted octanol–water partition coefficient (Wildman–Crippen LogP) is 3.91. The van der Waals surface area contributed by atoms with Crippen LogP contribution in [0.2, 0.25) is 0 Å². The molecule has 1 heterocycles. The summed E-state index contributed by atoms with van der Waals surface area (Å²) < 4.78 is 6.01. The summed E-state index contributed by atoms with van der Waals surface area (Å²) >= 11 is 0. The van der Waals surface area contributed by atoms with E-state index in [4.69, 9.17) is 4.74 Å². The van der Waals surface area contributed by atoms with Crippen molar-refractivity contribution in [1.82, 2.24) is 0 Å². The fourth-order valence-electron chi connectivity index (χ4n) is 2.99. The van der Waals surface area contributed by atoms with Crippen molar-refractivity contribution in [2.75, 3.05) is 0 Å². The van der Waals surface area contributed by atoms with Crippen molar-refractivity contribution in [2.24, 2.45) is 5.41 Å². The molecule has 82 valence electrons. The second kappa shape index (κ2) is 4.22. The molecule has 1 saturated heterocycles. The zero-order valence-corrected chi connectivity index (χ0v) is 9.72. The number of ether oxygens (including phenoxy) is 1. The van der Waals surface area contributed by atoms with Gasteiger partial charge in [-0.15, -0.1) is 0 Å². The molecule has 0 N–H and O–H groups in total. The lowest BCUT2D eigenvalue weighted by Gasteiger charge is -2.30. The van der Waals surface area contributed by atoms with E-state index < -0.39 is 0 Å². The van der Waals surface area contributed by atoms with Crippen LogP contribution in [0.5, 0.6) is 0 Å². The second-order valence-electron chi connectivity index (χ2n) is 5.45. The van der Waals surface area contributed by atoms with Crippen LogP contribution in [0.3, 0.4) is 0 Å². The Balaban J connectivity index is 1.79. The van der Waals surface area contributed by atoms with Gasteiger partial charge in [-0.3, -0.25) is 0 Å². The molecule has 14 heavy (non-hydrogen) atoms. The molecule has 0 aromatic carbocycles. The van der Waals surface area contributed by atoms with Gasteiger partial charge >= 0.3 is 0 Å². The first kappa shape index (κ1) is 10.5. The van der Waals surface area contributed by atoms with Crippen molar-refractivity contribution >= 4 is 0 Å². The maximum Gasteiger partial charge on any atom is 0.0584 e. The van der Waals surface area contributed by atoms with Gasteiger partial charge in [-0.1, -0.05) is 13.3 Å². The summed E-state index contributed by atoms with van der Waals surface area (Å²) in [6.45, 7) is 4.54. The third kappa shape index (κ3) is 2.50. The molecule has 1 aliphatic carbocycles. The number of rotatable bonds is 4. The SMILES string of the molecule is CCCC1(CC2CCCC(C)O2)CC1. The molecular formula is C13H24O. The maximum absolute atomic E-state index is 6.01. The Kier molecular flexibility index (Phi) is 3.16. The van der Waals surface area contributed by atoms with E-state index in [2.05, 4.69) is 13.8 Å². The molecule has 1 heteroatoms. The van der Waals surface area contributed by atoms with Crippen LogP contribution in [-0.2, 0) is 4.74 Å². The molecule has 1 aliphatic heterocycles. The van der Waals surface area contributed by atoms with Crippen LogP contribution in [0.15, 0.2) is 0 Å². The summed E-state index contributed by atoms with van der Waals surface area (Å²) in [7, 11) is 0. The Morgan fingerprint density at radius 1 is 1.29 bits per heavy atom. The zero-order chi connectivity index (χ0) is 10.0. The van der Waals surface area contributed by atoms with Gasteiger partial charge in [0.25, 0.3) is 0 Å². The highest BCUT2D eigenvalue weighted by Crippen LogP contribution is 2.54. The molecule has 0 aromatic heterocycles. The van der Waals surface area contributed by atoms with Gasteiger partial charge in [-0.25, -0.2) is 0 Å². The molecule has 2 fully saturated rings. The summed E-state index contributed by atoms with van der Waals surface area (Å²) in [6.07, 6.45) is 12.2. The fraction of sp³-hybridized carbons (Fsp3) is 1.00. The fourth-order valence-corrected chi connectivity index (χ4v) is 2.99. The maximum atomic E-state index is 6.01. The van der Waals surface area contributed by atoms with E-state index in [1.165, 1.54) is 51.4 Å². The lowest BCUT2D eigenvalue weighted by atomic mass is 9.90. The molecule has 0 radical (unpaired) electrons. The molecule has 2 rings (SSSR count). The summed E-state index contributed by atoms with van der Waals surface area (Å²) in [5.41, 5.74) is 0.719. The molecule has 0 bridgehead atoms. The normalized spacial score (nSPS) is 35.6. The van der Waals surface area contributed by atoms with Gasteiger partial charge < -0.3 is 4.74 Å². The van der Waals surface area contributed by atoms with Crippen molar-refractivity contribution in [3.63, 3.8) is 0 Å². The van der Waals surface area contributed by atoms with Gasteiger partial charge in [0, 0.05) is 0 Å². The first-order valence-electron chi connectivity index (χ1n) is 6.39. The van der Waals surface area contributed by atoms with Crippen LogP contribution in [0.1, 0.15) is 65.2 Å². The van der Waals surface area contributed by atoms with E-state index in [1.807, 2.05) is 0 Å². The van der Waals surface area contributed by atoms with Gasteiger partial charge in [0.15, 0.2) is 0 Å². The van der Waals surface area contributed by atoms with Crippen molar-refractivity contribution in [3.8, 4) is 0 Å². The van der Waals surface area contributed by atoms with Gasteiger partial charge in [-0.05, 0) is 57.3 Å². The van der Waals surface area contributed by atoms with Gasteiger partial charge in [-0.2, -0.15) is 0 Å². The summed E-state index contributed by atoms with van der Waals surface area (Å²) in [5, 5.41) is 0. The summed E-state index contributed by atoms with van der Waals surface area (Å²) in [4.78, 5) is 0. The largest absolute Gasteiger partial charge is 0.375 e. The van der Waals surface area contributed by atoms with Crippen LogP contribution >= 0.6 is 0 Å². The van der Waals surface area contributed by atoms with Gasteiger partial charge in [0.2, 0.25) is 0 Å². The minimum atomic E-state index is 0.520. The molecule has 0 amide bonds. The van der Waals surface area contributed by atoms with Crippen LogP contribution in [-0.4, -0.2) is 12.2 Å². The predicted molar refractivity (Wildman–Crippen MR) is 59.4 cm³/mol. The average Bonchev–Trinajstić information content (AvgIpc) is 2.85. The van der Waals surface area contributed by atoms with Crippen molar-refractivity contribution in [3.05, 3.63) is 0 Å². The molecule has 2 aliphatic rings. The smallest absolute Gasteiger partial charge is 0.0584 e. The topological polar surface area (TPSA) is 9.23 Å². The van der Waals surface area contributed by atoms with E-state index in [1.54, 1.807) is 0 Å². The van der Waals surface area contributed by atoms with Crippen LogP contribution < -0.4 is 0 Å². The third-order valence-corrected chi connectivity index (χ3v) is 3.96. The quantitative estimate of drug-likeness (QED) is 0.662. The Morgan fingerprint density at radius 2 is 2.07 bits per heavy atom. The van der Waals surface area contributed by atoms with Crippen LogP contribution in [0.25, 0.3) is 0 Å². The minimum Gasteiger partial charge on any atom is -0.375 e. The average molecular weight is 196 g/mol. The van der Waals surface area contributed by atoms with Crippen molar-refractivity contribution in [2.45, 2.75) is 77.4 Å². The number of hydrogen-bond acceptors (Lipinski definition) is 1. The Bertz CT molecular complexity index is 184. The van der Waals surface area contributed by atoms with E-state index in [-0.39, 0.29) is 0 Å². The highest BCUT2D eigenvalue weighted by Gasteiger charge is 2.43. The molecule has 2 atom stereocenters. The van der Waals surface area contributed by atoms with Crippen LogP contribution in [0, 0.1) is 5.41 Å². The number of hydrogen-bond donors (Lipinski definition) is 0. The van der Waals surface area contributed by atoms with Crippen molar-refractivity contribution < 1.29 is 4.74 Å². The molecule has 0 spiro atoms. The van der Waals surface area contributed by atoms with Crippen molar-refractivity contribution in [1.29, 1.82) is 0 Å². The standard InChI is InChI=1S/C13H24O/c1-3-7-13(8-9-13)10-12-6-4-5-11(2)14-12/h11-12H,3-10H2,1-2H3. The summed E-state index contributed by atoms with van der Waals surface area (Å²) in [6, 6.07) is 0. The molecule has 0 aromatic rings. The minimum absolute atomic E-state index is 0.520. The second-order valence-corrected chi connectivity index (χ2v) is 5.45. The van der Waals surface area contributed by atoms with E-state index >= 15 is 0 Å². The van der Waals surface area contributed by atoms with Gasteiger partial charge in [0.1, 0.15) is 0 Å². The van der Waals surface area contributed by atoms with E-state index in [0.29, 0.717) is 12.2 Å². The van der Waals surface area contributed by atoms with Gasteiger partial charge in [0.05, 0.1) is 12.2 Å². The molecule has 1 nitrogen and oxygen atoms in total. The highest BCUT2D eigenvalue weighted by atomic mass is 16.5. The molecule has 2 unspecified atom stereocenters.